The molecule has 0 spiro atoms. The van der Waals surface area contributed by atoms with Crippen LogP contribution in [0.3, 0.4) is 0 Å². The highest BCUT2D eigenvalue weighted by atomic mass is 16.5. The largest absolute Gasteiger partial charge is 0.385 e. The van der Waals surface area contributed by atoms with E-state index in [4.69, 9.17) is 4.74 Å². The molecule has 2 amide bonds. The number of carbonyl (C=O) groups is 2. The van der Waals surface area contributed by atoms with E-state index in [-0.39, 0.29) is 11.8 Å². The maximum atomic E-state index is 12.1. The summed E-state index contributed by atoms with van der Waals surface area (Å²) in [6.45, 7) is 1.16. The summed E-state index contributed by atoms with van der Waals surface area (Å²) >= 11 is 0. The first-order chi connectivity index (χ1) is 12.2. The lowest BCUT2D eigenvalue weighted by atomic mass is 10.1. The molecular formula is C20H24N2O3. The summed E-state index contributed by atoms with van der Waals surface area (Å²) in [5.41, 5.74) is 2.28. The van der Waals surface area contributed by atoms with Crippen molar-refractivity contribution in [3.63, 3.8) is 0 Å². The Morgan fingerprint density at radius 3 is 2.60 bits per heavy atom. The molecular weight excluding hydrogens is 316 g/mol. The summed E-state index contributed by atoms with van der Waals surface area (Å²) in [7, 11) is 1.63. The van der Waals surface area contributed by atoms with Crippen LogP contribution < -0.4 is 10.6 Å². The van der Waals surface area contributed by atoms with Crippen molar-refractivity contribution >= 4 is 17.5 Å². The summed E-state index contributed by atoms with van der Waals surface area (Å²) in [4.78, 5) is 24.2. The summed E-state index contributed by atoms with van der Waals surface area (Å²) in [5, 5.41) is 5.67. The first-order valence-corrected chi connectivity index (χ1v) is 8.40. The van der Waals surface area contributed by atoms with Gasteiger partial charge in [0.05, 0.1) is 0 Å². The van der Waals surface area contributed by atoms with Crippen LogP contribution in [0.4, 0.5) is 5.69 Å². The van der Waals surface area contributed by atoms with Gasteiger partial charge in [0.25, 0.3) is 5.91 Å². The van der Waals surface area contributed by atoms with Crippen molar-refractivity contribution in [3.8, 4) is 0 Å². The van der Waals surface area contributed by atoms with Gasteiger partial charge in [0.15, 0.2) is 0 Å². The second-order valence-electron chi connectivity index (χ2n) is 5.72. The van der Waals surface area contributed by atoms with Gasteiger partial charge in [0.2, 0.25) is 5.91 Å². The Kier molecular flexibility index (Phi) is 7.66. The quantitative estimate of drug-likeness (QED) is 0.690. The minimum Gasteiger partial charge on any atom is -0.385 e. The molecule has 0 aliphatic heterocycles. The molecule has 25 heavy (non-hydrogen) atoms. The average Bonchev–Trinajstić information content (AvgIpc) is 2.64. The van der Waals surface area contributed by atoms with Crippen LogP contribution >= 0.6 is 0 Å². The smallest absolute Gasteiger partial charge is 0.251 e. The molecule has 2 N–H and O–H groups in total. The zero-order valence-electron chi connectivity index (χ0n) is 14.5. The molecule has 0 saturated carbocycles. The molecule has 0 aliphatic carbocycles. The van der Waals surface area contributed by atoms with Gasteiger partial charge >= 0.3 is 0 Å². The predicted molar refractivity (Wildman–Crippen MR) is 98.7 cm³/mol. The summed E-state index contributed by atoms with van der Waals surface area (Å²) in [6, 6.07) is 16.8. The molecule has 0 atom stereocenters. The van der Waals surface area contributed by atoms with E-state index in [0.29, 0.717) is 37.2 Å². The van der Waals surface area contributed by atoms with Gasteiger partial charge in [-0.25, -0.2) is 0 Å². The maximum Gasteiger partial charge on any atom is 0.251 e. The molecule has 0 unspecified atom stereocenters. The standard InChI is InChI=1S/C20H24N2O3/c1-25-14-6-13-21-20(24)17-9-5-10-18(15-17)22-19(23)12-11-16-7-3-2-4-8-16/h2-5,7-10,15H,6,11-14H2,1H3,(H,21,24)(H,22,23). The minimum atomic E-state index is -0.156. The molecule has 0 aliphatic rings. The van der Waals surface area contributed by atoms with Crippen molar-refractivity contribution in [2.24, 2.45) is 0 Å². The number of anilines is 1. The number of hydrogen-bond acceptors (Lipinski definition) is 3. The van der Waals surface area contributed by atoms with Gasteiger partial charge in [-0.2, -0.15) is 0 Å². The minimum absolute atomic E-state index is 0.0681. The highest BCUT2D eigenvalue weighted by molar-refractivity contribution is 5.97. The molecule has 0 heterocycles. The molecule has 0 bridgehead atoms. The molecule has 132 valence electrons. The van der Waals surface area contributed by atoms with E-state index in [0.717, 1.165) is 12.0 Å². The molecule has 5 heteroatoms. The van der Waals surface area contributed by atoms with Crippen LogP contribution in [0, 0.1) is 0 Å². The van der Waals surface area contributed by atoms with Crippen LogP contribution in [0.25, 0.3) is 0 Å². The second-order valence-corrected chi connectivity index (χ2v) is 5.72. The molecule has 0 radical (unpaired) electrons. The third-order valence-electron chi connectivity index (χ3n) is 3.70. The van der Waals surface area contributed by atoms with E-state index >= 15 is 0 Å². The maximum absolute atomic E-state index is 12.1. The fraction of sp³-hybridized carbons (Fsp3) is 0.300. The Morgan fingerprint density at radius 2 is 1.84 bits per heavy atom. The zero-order chi connectivity index (χ0) is 17.9. The molecule has 2 aromatic carbocycles. The Labute approximate surface area is 148 Å². The van der Waals surface area contributed by atoms with Gasteiger partial charge in [0, 0.05) is 37.9 Å². The van der Waals surface area contributed by atoms with Crippen molar-refractivity contribution in [1.82, 2.24) is 5.32 Å². The summed E-state index contributed by atoms with van der Waals surface area (Å²) in [5.74, 6) is -0.224. The Morgan fingerprint density at radius 1 is 1.04 bits per heavy atom. The number of benzene rings is 2. The van der Waals surface area contributed by atoms with E-state index in [1.54, 1.807) is 31.4 Å². The fourth-order valence-corrected chi connectivity index (χ4v) is 2.38. The molecule has 5 nitrogen and oxygen atoms in total. The van der Waals surface area contributed by atoms with E-state index in [1.807, 2.05) is 30.3 Å². The SMILES string of the molecule is COCCCNC(=O)c1cccc(NC(=O)CCc2ccccc2)c1. The van der Waals surface area contributed by atoms with Crippen molar-refractivity contribution in [2.45, 2.75) is 19.3 Å². The number of rotatable bonds is 9. The highest BCUT2D eigenvalue weighted by Crippen LogP contribution is 2.12. The Bertz CT molecular complexity index is 686. The van der Waals surface area contributed by atoms with Gasteiger partial charge in [-0.1, -0.05) is 36.4 Å². The number of amides is 2. The number of methoxy groups -OCH3 is 1. The number of hydrogen-bond donors (Lipinski definition) is 2. The average molecular weight is 340 g/mol. The van der Waals surface area contributed by atoms with Crippen LogP contribution in [0.5, 0.6) is 0 Å². The van der Waals surface area contributed by atoms with E-state index in [1.165, 1.54) is 0 Å². The lowest BCUT2D eigenvalue weighted by molar-refractivity contribution is -0.116. The second kappa shape index (κ2) is 10.3. The van der Waals surface area contributed by atoms with E-state index in [2.05, 4.69) is 10.6 Å². The van der Waals surface area contributed by atoms with Gasteiger partial charge in [0.1, 0.15) is 0 Å². The fourth-order valence-electron chi connectivity index (χ4n) is 2.38. The van der Waals surface area contributed by atoms with Crippen LogP contribution in [0.2, 0.25) is 0 Å². The lowest BCUT2D eigenvalue weighted by Crippen LogP contribution is -2.25. The number of ether oxygens (including phenoxy) is 1. The number of aryl methyl sites for hydroxylation is 1. The van der Waals surface area contributed by atoms with Gasteiger partial charge < -0.3 is 15.4 Å². The summed E-state index contributed by atoms with van der Waals surface area (Å²) in [6.07, 6.45) is 1.85. The zero-order valence-corrected chi connectivity index (χ0v) is 14.5. The van der Waals surface area contributed by atoms with Crippen molar-refractivity contribution in [1.29, 1.82) is 0 Å². The number of carbonyl (C=O) groups excluding carboxylic acids is 2. The highest BCUT2D eigenvalue weighted by Gasteiger charge is 2.08. The molecule has 0 saturated heterocycles. The van der Waals surface area contributed by atoms with Crippen LogP contribution in [0.15, 0.2) is 54.6 Å². The topological polar surface area (TPSA) is 67.4 Å². The third-order valence-corrected chi connectivity index (χ3v) is 3.70. The normalized spacial score (nSPS) is 10.3. The first-order valence-electron chi connectivity index (χ1n) is 8.40. The van der Waals surface area contributed by atoms with Gasteiger partial charge in [-0.05, 0) is 36.6 Å². The van der Waals surface area contributed by atoms with E-state index in [9.17, 15) is 9.59 Å². The van der Waals surface area contributed by atoms with Crippen molar-refractivity contribution < 1.29 is 14.3 Å². The Hall–Kier alpha value is -2.66. The van der Waals surface area contributed by atoms with Gasteiger partial charge in [-0.15, -0.1) is 0 Å². The lowest BCUT2D eigenvalue weighted by Gasteiger charge is -2.08. The Balaban J connectivity index is 1.83. The predicted octanol–water partition coefficient (Wildman–Crippen LogP) is 3.02. The number of nitrogens with one attached hydrogen (secondary N) is 2. The molecule has 0 fully saturated rings. The van der Waals surface area contributed by atoms with Crippen LogP contribution in [-0.2, 0) is 16.0 Å². The monoisotopic (exact) mass is 340 g/mol. The first kappa shape index (κ1) is 18.7. The van der Waals surface area contributed by atoms with Crippen LogP contribution in [-0.4, -0.2) is 32.1 Å². The van der Waals surface area contributed by atoms with Crippen molar-refractivity contribution in [3.05, 3.63) is 65.7 Å². The third kappa shape index (κ3) is 6.77. The molecule has 0 aromatic heterocycles. The van der Waals surface area contributed by atoms with E-state index < -0.39 is 0 Å². The summed E-state index contributed by atoms with van der Waals surface area (Å²) < 4.78 is 4.95. The van der Waals surface area contributed by atoms with Gasteiger partial charge in [-0.3, -0.25) is 9.59 Å². The molecule has 2 rings (SSSR count). The molecule has 2 aromatic rings. The van der Waals surface area contributed by atoms with Crippen LogP contribution in [0.1, 0.15) is 28.8 Å². The van der Waals surface area contributed by atoms with Crippen molar-refractivity contribution in [2.75, 3.05) is 25.6 Å².